The number of morpholine rings is 1. The lowest BCUT2D eigenvalue weighted by Gasteiger charge is -2.37. The van der Waals surface area contributed by atoms with Crippen molar-refractivity contribution < 1.29 is 33.8 Å². The van der Waals surface area contributed by atoms with Crippen molar-refractivity contribution in [2.75, 3.05) is 43.4 Å². The van der Waals surface area contributed by atoms with Crippen LogP contribution in [0.4, 0.5) is 11.4 Å². The number of hydrogen-bond donors (Lipinski definition) is 4. The van der Waals surface area contributed by atoms with Crippen LogP contribution < -0.4 is 16.0 Å². The van der Waals surface area contributed by atoms with Gasteiger partial charge in [0.1, 0.15) is 12.1 Å². The largest absolute Gasteiger partial charge is 0.386 e. The summed E-state index contributed by atoms with van der Waals surface area (Å²) < 4.78 is 7.08. The number of anilines is 2. The summed E-state index contributed by atoms with van der Waals surface area (Å²) in [4.78, 5) is 76.5. The van der Waals surface area contributed by atoms with Gasteiger partial charge in [-0.1, -0.05) is 6.07 Å². The van der Waals surface area contributed by atoms with Gasteiger partial charge in [0.15, 0.2) is 0 Å². The number of carbonyl (C=O) groups is 5. The molecule has 2 aromatic carbocycles. The van der Waals surface area contributed by atoms with Gasteiger partial charge in [0.05, 0.1) is 55.8 Å². The summed E-state index contributed by atoms with van der Waals surface area (Å²) in [6.45, 7) is 7.38. The molecule has 8 rings (SSSR count). The van der Waals surface area contributed by atoms with E-state index >= 15 is 0 Å². The minimum Gasteiger partial charge on any atom is -0.386 e. The van der Waals surface area contributed by atoms with Crippen LogP contribution in [0.15, 0.2) is 48.8 Å². The van der Waals surface area contributed by atoms with E-state index in [2.05, 4.69) is 25.8 Å². The van der Waals surface area contributed by atoms with Gasteiger partial charge in [-0.3, -0.25) is 44.1 Å². The number of ether oxygens (including phenoxy) is 1. The van der Waals surface area contributed by atoms with Crippen molar-refractivity contribution in [3.63, 3.8) is 0 Å². The highest BCUT2D eigenvalue weighted by atomic mass is 32.1. The first-order valence-electron chi connectivity index (χ1n) is 20.6. The van der Waals surface area contributed by atoms with Gasteiger partial charge in [0.25, 0.3) is 17.7 Å². The molecule has 2 saturated heterocycles. The van der Waals surface area contributed by atoms with Crippen LogP contribution in [0.3, 0.4) is 0 Å². The Labute approximate surface area is 351 Å². The number of rotatable bonds is 12. The number of nitrogens with one attached hydrogen (secondary N) is 3. The van der Waals surface area contributed by atoms with Crippen molar-refractivity contribution in [1.29, 1.82) is 5.26 Å². The van der Waals surface area contributed by atoms with Crippen LogP contribution in [0.5, 0.6) is 0 Å². The first-order chi connectivity index (χ1) is 28.9. The Balaban J connectivity index is 0.818. The molecule has 60 heavy (non-hydrogen) atoms. The molecule has 0 bridgehead atoms. The lowest BCUT2D eigenvalue weighted by molar-refractivity contribution is -0.136. The van der Waals surface area contributed by atoms with E-state index in [1.807, 2.05) is 18.2 Å². The van der Waals surface area contributed by atoms with E-state index < -0.39 is 41.2 Å². The number of nitrogens with zero attached hydrogens (tertiary/aromatic N) is 5. The number of piperidine rings is 1. The fourth-order valence-corrected chi connectivity index (χ4v) is 10.0. The van der Waals surface area contributed by atoms with Gasteiger partial charge in [-0.25, -0.2) is 4.98 Å². The second kappa shape index (κ2) is 17.2. The predicted octanol–water partition coefficient (Wildman–Crippen LogP) is 5.31. The summed E-state index contributed by atoms with van der Waals surface area (Å²) in [7, 11) is 0. The number of nitriles is 1. The summed E-state index contributed by atoms with van der Waals surface area (Å²) >= 11 is 1.63. The van der Waals surface area contributed by atoms with Gasteiger partial charge < -0.3 is 20.5 Å². The third-order valence-corrected chi connectivity index (χ3v) is 13.2. The van der Waals surface area contributed by atoms with Crippen molar-refractivity contribution >= 4 is 62.5 Å². The molecule has 5 amide bonds. The van der Waals surface area contributed by atoms with Crippen LogP contribution in [0, 0.1) is 17.2 Å². The van der Waals surface area contributed by atoms with Crippen molar-refractivity contribution in [1.82, 2.24) is 25.1 Å². The fraction of sp³-hybridized carbons (Fsp3) is 0.455. The van der Waals surface area contributed by atoms with Gasteiger partial charge in [-0.2, -0.15) is 5.26 Å². The number of fused-ring (bicyclic) bond motifs is 2. The number of imide groups is 2. The predicted molar refractivity (Wildman–Crippen MR) is 223 cm³/mol. The molecule has 1 aliphatic carbocycles. The molecule has 2 atom stereocenters. The molecule has 3 aliphatic heterocycles. The highest BCUT2D eigenvalue weighted by Gasteiger charge is 2.45. The highest BCUT2D eigenvalue weighted by molar-refractivity contribution is 7.18. The molecule has 1 saturated carbocycles. The van der Waals surface area contributed by atoms with Crippen LogP contribution >= 0.6 is 11.3 Å². The molecule has 2 aromatic heterocycles. The summed E-state index contributed by atoms with van der Waals surface area (Å²) in [6.07, 6.45) is 9.00. The Morgan fingerprint density at radius 1 is 1.07 bits per heavy atom. The third-order valence-electron chi connectivity index (χ3n) is 12.0. The van der Waals surface area contributed by atoms with Crippen LogP contribution in [0.1, 0.15) is 118 Å². The Kier molecular flexibility index (Phi) is 11.8. The number of hydrogen-bond acceptors (Lipinski definition) is 13. The Hall–Kier alpha value is -5.60. The summed E-state index contributed by atoms with van der Waals surface area (Å²) in [6, 6.07) is 11.3. The number of aliphatic hydroxyl groups is 1. The zero-order valence-corrected chi connectivity index (χ0v) is 34.5. The maximum Gasteiger partial charge on any atom is 0.264 e. The topological polar surface area (TPSA) is 207 Å². The zero-order chi connectivity index (χ0) is 42.1. The molecular formula is C44H48N8O7S. The Bertz CT molecular complexity index is 2400. The van der Waals surface area contributed by atoms with E-state index in [1.54, 1.807) is 43.4 Å². The molecule has 16 heteroatoms. The van der Waals surface area contributed by atoms with E-state index in [1.165, 1.54) is 18.5 Å². The first kappa shape index (κ1) is 41.1. The van der Waals surface area contributed by atoms with Crippen molar-refractivity contribution in [2.45, 2.75) is 88.9 Å². The smallest absolute Gasteiger partial charge is 0.264 e. The Morgan fingerprint density at radius 3 is 2.65 bits per heavy atom. The van der Waals surface area contributed by atoms with Crippen molar-refractivity contribution in [3.8, 4) is 6.07 Å². The lowest BCUT2D eigenvalue weighted by Crippen LogP contribution is -2.54. The number of aromatic nitrogens is 2. The van der Waals surface area contributed by atoms with Crippen LogP contribution in [-0.4, -0.2) is 99.3 Å². The van der Waals surface area contributed by atoms with E-state index in [0.717, 1.165) is 78.3 Å². The van der Waals surface area contributed by atoms with Crippen LogP contribution in [0.25, 0.3) is 10.2 Å². The molecule has 0 radical (unpaired) electrons. The minimum atomic E-state index is -1.24. The quantitative estimate of drug-likeness (QED) is 0.106. The molecule has 4 N–H and O–H groups in total. The van der Waals surface area contributed by atoms with Gasteiger partial charge in [0.2, 0.25) is 11.8 Å². The number of thiazole rings is 1. The van der Waals surface area contributed by atoms with Gasteiger partial charge in [0, 0.05) is 67.8 Å². The standard InChI is InChI=1S/C44H48N8O7S/c1-44(2,58)31-18-34-36(19-33(31)48-39(54)28-17-26(20-45)21-46-22-28)60-41(49-34)27-10-8-25(9-11-27)23-51-15-16-59-29(24-51)5-4-14-47-32-7-3-6-30-38(32)43(57)52(42(30)56)35-12-13-37(53)50-40(35)55/h3,6-7,17-19,21-22,25,27,29,35,47,58H,4-5,8-16,23-24H2,1-2H3,(H,48,54)(H,50,53,55)/t25-,27-,29-,35?/m1/s1. The van der Waals surface area contributed by atoms with E-state index in [-0.39, 0.29) is 41.2 Å². The first-order valence-corrected chi connectivity index (χ1v) is 21.4. The molecule has 4 aromatic rings. The summed E-state index contributed by atoms with van der Waals surface area (Å²) in [5.74, 6) is -1.57. The van der Waals surface area contributed by atoms with Crippen molar-refractivity contribution in [3.05, 3.63) is 81.6 Å². The Morgan fingerprint density at radius 2 is 1.88 bits per heavy atom. The van der Waals surface area contributed by atoms with Gasteiger partial charge in [-0.15, -0.1) is 11.3 Å². The van der Waals surface area contributed by atoms with Crippen LogP contribution in [0.2, 0.25) is 0 Å². The minimum absolute atomic E-state index is 0.0732. The number of pyridine rings is 1. The SMILES string of the molecule is CC(C)(O)c1cc2nc([C@H]3CC[C@H](CN4CCO[C@H](CCCNc5cccc6c5C(=O)N(C5CCC(=O)NC5=O)C6=O)C4)CC3)sc2cc1NC(=O)c1cncc(C#N)c1. The fourth-order valence-electron chi connectivity index (χ4n) is 8.89. The molecule has 0 spiro atoms. The molecular weight excluding hydrogens is 785 g/mol. The molecule has 1 unspecified atom stereocenters. The third kappa shape index (κ3) is 8.66. The molecule has 312 valence electrons. The van der Waals surface area contributed by atoms with Gasteiger partial charge in [-0.05, 0) is 95.0 Å². The highest BCUT2D eigenvalue weighted by Crippen LogP contribution is 2.42. The molecule has 15 nitrogen and oxygen atoms in total. The van der Waals surface area contributed by atoms with E-state index in [9.17, 15) is 34.3 Å². The zero-order valence-electron chi connectivity index (χ0n) is 33.7. The number of benzene rings is 2. The van der Waals surface area contributed by atoms with E-state index in [4.69, 9.17) is 9.72 Å². The molecule has 5 heterocycles. The average Bonchev–Trinajstić information content (AvgIpc) is 3.76. The number of carbonyl (C=O) groups excluding carboxylic acids is 5. The maximum absolute atomic E-state index is 13.4. The number of amides is 5. The van der Waals surface area contributed by atoms with E-state index in [0.29, 0.717) is 41.9 Å². The molecule has 4 aliphatic rings. The van der Waals surface area contributed by atoms with Gasteiger partial charge >= 0.3 is 0 Å². The van der Waals surface area contributed by atoms with Crippen molar-refractivity contribution in [2.24, 2.45) is 5.92 Å². The second-order valence-corrected chi connectivity index (χ2v) is 17.8. The molecule has 3 fully saturated rings. The normalized spacial score (nSPS) is 22.4. The summed E-state index contributed by atoms with van der Waals surface area (Å²) in [5.41, 5.74) is 2.23. The average molecular weight is 833 g/mol. The monoisotopic (exact) mass is 832 g/mol. The second-order valence-electron chi connectivity index (χ2n) is 16.7. The van der Waals surface area contributed by atoms with Crippen LogP contribution in [-0.2, 0) is 19.9 Å². The maximum atomic E-state index is 13.4. The summed E-state index contributed by atoms with van der Waals surface area (Å²) in [5, 5.41) is 29.9. The lowest BCUT2D eigenvalue weighted by atomic mass is 9.82.